The van der Waals surface area contributed by atoms with Crippen LogP contribution >= 0.6 is 0 Å². The standard InChI is InChI=1S/C5H8N2O2/c8-4-6-1-2-7(3-6)5-9/h4-5H,1-3H2. The fourth-order valence-electron chi connectivity index (χ4n) is 0.804. The molecule has 0 radical (unpaired) electrons. The van der Waals surface area contributed by atoms with Gasteiger partial charge in [0.2, 0.25) is 12.8 Å². The van der Waals surface area contributed by atoms with E-state index in [1.165, 1.54) is 0 Å². The molecule has 4 nitrogen and oxygen atoms in total. The summed E-state index contributed by atoms with van der Waals surface area (Å²) in [7, 11) is 0. The highest BCUT2D eigenvalue weighted by atomic mass is 16.1. The zero-order valence-electron chi connectivity index (χ0n) is 4.99. The fraction of sp³-hybridized carbons (Fsp3) is 0.600. The minimum Gasteiger partial charge on any atom is -0.326 e. The maximum absolute atomic E-state index is 10.1. The molecule has 1 saturated heterocycles. The van der Waals surface area contributed by atoms with Crippen molar-refractivity contribution in [2.45, 2.75) is 0 Å². The molecule has 0 saturated carbocycles. The molecule has 1 heterocycles. The lowest BCUT2D eigenvalue weighted by molar-refractivity contribution is -0.120. The fourth-order valence-corrected chi connectivity index (χ4v) is 0.804. The minimum atomic E-state index is 0.451. The van der Waals surface area contributed by atoms with Gasteiger partial charge in [-0.3, -0.25) is 9.59 Å². The lowest BCUT2D eigenvalue weighted by Crippen LogP contribution is -2.22. The summed E-state index contributed by atoms with van der Waals surface area (Å²) < 4.78 is 0. The molecule has 4 heteroatoms. The number of hydrogen-bond donors (Lipinski definition) is 0. The van der Waals surface area contributed by atoms with Gasteiger partial charge in [-0.05, 0) is 0 Å². The molecule has 50 valence electrons. The van der Waals surface area contributed by atoms with Crippen LogP contribution < -0.4 is 0 Å². The summed E-state index contributed by atoms with van der Waals surface area (Å²) in [5.74, 6) is 0. The lowest BCUT2D eigenvalue weighted by atomic mass is 10.6. The van der Waals surface area contributed by atoms with Crippen molar-refractivity contribution < 1.29 is 9.59 Å². The number of amides is 2. The van der Waals surface area contributed by atoms with E-state index in [1.807, 2.05) is 0 Å². The van der Waals surface area contributed by atoms with E-state index in [0.29, 0.717) is 19.8 Å². The van der Waals surface area contributed by atoms with Crippen molar-refractivity contribution in [2.75, 3.05) is 19.8 Å². The van der Waals surface area contributed by atoms with Crippen molar-refractivity contribution in [3.8, 4) is 0 Å². The monoisotopic (exact) mass is 128 g/mol. The number of nitrogens with zero attached hydrogens (tertiary/aromatic N) is 2. The molecule has 0 aliphatic carbocycles. The third-order valence-electron chi connectivity index (χ3n) is 1.34. The van der Waals surface area contributed by atoms with Gasteiger partial charge in [0.05, 0.1) is 6.67 Å². The van der Waals surface area contributed by atoms with Crippen molar-refractivity contribution in [1.82, 2.24) is 9.80 Å². The van der Waals surface area contributed by atoms with Crippen LogP contribution in [0.15, 0.2) is 0 Å². The van der Waals surface area contributed by atoms with Gasteiger partial charge >= 0.3 is 0 Å². The van der Waals surface area contributed by atoms with Crippen LogP contribution in [0.4, 0.5) is 0 Å². The van der Waals surface area contributed by atoms with E-state index >= 15 is 0 Å². The van der Waals surface area contributed by atoms with Crippen molar-refractivity contribution in [3.63, 3.8) is 0 Å². The molecule has 9 heavy (non-hydrogen) atoms. The van der Waals surface area contributed by atoms with Crippen LogP contribution in [0.2, 0.25) is 0 Å². The van der Waals surface area contributed by atoms with Gasteiger partial charge in [-0.2, -0.15) is 0 Å². The predicted octanol–water partition coefficient (Wildman–Crippen LogP) is -1.13. The summed E-state index contributed by atoms with van der Waals surface area (Å²) in [5.41, 5.74) is 0. The first-order valence-electron chi connectivity index (χ1n) is 2.75. The van der Waals surface area contributed by atoms with Crippen molar-refractivity contribution in [2.24, 2.45) is 0 Å². The van der Waals surface area contributed by atoms with Gasteiger partial charge in [-0.15, -0.1) is 0 Å². The normalized spacial score (nSPS) is 18.2. The molecule has 0 spiro atoms. The average Bonchev–Trinajstić information content (AvgIpc) is 2.34. The number of hydrogen-bond acceptors (Lipinski definition) is 2. The summed E-state index contributed by atoms with van der Waals surface area (Å²) in [6, 6.07) is 0. The van der Waals surface area contributed by atoms with Crippen molar-refractivity contribution in [3.05, 3.63) is 0 Å². The van der Waals surface area contributed by atoms with E-state index in [0.717, 1.165) is 12.8 Å². The summed E-state index contributed by atoms with van der Waals surface area (Å²) in [5, 5.41) is 0. The van der Waals surface area contributed by atoms with Crippen LogP contribution in [0.1, 0.15) is 0 Å². The molecule has 1 fully saturated rings. The Morgan fingerprint density at radius 1 is 1.00 bits per heavy atom. The van der Waals surface area contributed by atoms with Crippen molar-refractivity contribution in [1.29, 1.82) is 0 Å². The first-order chi connectivity index (χ1) is 4.36. The Morgan fingerprint density at radius 3 is 1.67 bits per heavy atom. The van der Waals surface area contributed by atoms with E-state index in [-0.39, 0.29) is 0 Å². The van der Waals surface area contributed by atoms with Crippen molar-refractivity contribution >= 4 is 12.8 Å². The Bertz CT molecular complexity index is 112. The number of rotatable bonds is 2. The van der Waals surface area contributed by atoms with Gasteiger partial charge in [-0.25, -0.2) is 0 Å². The molecule has 0 aromatic carbocycles. The largest absolute Gasteiger partial charge is 0.326 e. The smallest absolute Gasteiger partial charge is 0.211 e. The molecule has 0 aromatic heterocycles. The van der Waals surface area contributed by atoms with Gasteiger partial charge in [0.15, 0.2) is 0 Å². The van der Waals surface area contributed by atoms with Gasteiger partial charge in [0.25, 0.3) is 0 Å². The Hall–Kier alpha value is -1.06. The predicted molar refractivity (Wildman–Crippen MR) is 30.4 cm³/mol. The second-order valence-corrected chi connectivity index (χ2v) is 1.98. The van der Waals surface area contributed by atoms with Crippen LogP contribution in [-0.2, 0) is 9.59 Å². The Kier molecular flexibility index (Phi) is 1.67. The average molecular weight is 128 g/mol. The maximum atomic E-state index is 10.1. The molecule has 0 bridgehead atoms. The van der Waals surface area contributed by atoms with E-state index in [1.54, 1.807) is 9.80 Å². The second kappa shape index (κ2) is 2.48. The SMILES string of the molecule is O=CN1CCN(C=O)C1. The van der Waals surface area contributed by atoms with Gasteiger partial charge < -0.3 is 9.80 Å². The van der Waals surface area contributed by atoms with E-state index in [9.17, 15) is 9.59 Å². The third kappa shape index (κ3) is 1.19. The first kappa shape index (κ1) is 6.07. The second-order valence-electron chi connectivity index (χ2n) is 1.98. The van der Waals surface area contributed by atoms with Crippen LogP contribution in [0.5, 0.6) is 0 Å². The quantitative estimate of drug-likeness (QED) is 0.442. The molecule has 2 amide bonds. The van der Waals surface area contributed by atoms with Crippen LogP contribution in [-0.4, -0.2) is 42.4 Å². The summed E-state index contributed by atoms with van der Waals surface area (Å²) in [6.07, 6.45) is 1.51. The number of carbonyl (C=O) groups excluding carboxylic acids is 2. The lowest BCUT2D eigenvalue weighted by Gasteiger charge is -2.07. The zero-order valence-corrected chi connectivity index (χ0v) is 4.99. The highest BCUT2D eigenvalue weighted by Gasteiger charge is 2.14. The molecule has 0 N–H and O–H groups in total. The summed E-state index contributed by atoms with van der Waals surface area (Å²) in [4.78, 5) is 23.2. The maximum Gasteiger partial charge on any atom is 0.211 e. The molecular formula is C5H8N2O2. The number of carbonyl (C=O) groups is 2. The van der Waals surface area contributed by atoms with E-state index in [4.69, 9.17) is 0 Å². The highest BCUT2D eigenvalue weighted by molar-refractivity contribution is 5.52. The van der Waals surface area contributed by atoms with Gasteiger partial charge in [0, 0.05) is 13.1 Å². The topological polar surface area (TPSA) is 40.6 Å². The van der Waals surface area contributed by atoms with Crippen LogP contribution in [0, 0.1) is 0 Å². The Balaban J connectivity index is 2.36. The molecular weight excluding hydrogens is 120 g/mol. The zero-order chi connectivity index (χ0) is 6.69. The third-order valence-corrected chi connectivity index (χ3v) is 1.34. The summed E-state index contributed by atoms with van der Waals surface area (Å²) in [6.45, 7) is 1.79. The molecule has 0 aromatic rings. The van der Waals surface area contributed by atoms with Gasteiger partial charge in [0.1, 0.15) is 0 Å². The Labute approximate surface area is 53.0 Å². The first-order valence-corrected chi connectivity index (χ1v) is 2.75. The van der Waals surface area contributed by atoms with Crippen LogP contribution in [0.25, 0.3) is 0 Å². The minimum absolute atomic E-state index is 0.451. The molecule has 1 aliphatic rings. The van der Waals surface area contributed by atoms with E-state index < -0.39 is 0 Å². The molecule has 0 unspecified atom stereocenters. The van der Waals surface area contributed by atoms with Gasteiger partial charge in [-0.1, -0.05) is 0 Å². The molecule has 1 aliphatic heterocycles. The molecule has 0 atom stereocenters. The van der Waals surface area contributed by atoms with E-state index in [2.05, 4.69) is 0 Å². The highest BCUT2D eigenvalue weighted by Crippen LogP contribution is 1.97. The molecule has 1 rings (SSSR count). The van der Waals surface area contributed by atoms with Crippen LogP contribution in [0.3, 0.4) is 0 Å². The Morgan fingerprint density at radius 2 is 1.44 bits per heavy atom. The summed E-state index contributed by atoms with van der Waals surface area (Å²) >= 11 is 0.